The summed E-state index contributed by atoms with van der Waals surface area (Å²) in [6.07, 6.45) is 1.64. The van der Waals surface area contributed by atoms with Crippen LogP contribution in [0.15, 0.2) is 42.0 Å². The number of hydrazine groups is 1. The van der Waals surface area contributed by atoms with Crippen LogP contribution >= 0.6 is 22.9 Å². The minimum Gasteiger partial charge on any atom is -0.493 e. The number of benzene rings is 2. The summed E-state index contributed by atoms with van der Waals surface area (Å²) < 4.78 is 6.55. The highest BCUT2D eigenvalue weighted by molar-refractivity contribution is 7.22. The Hall–Kier alpha value is -3.43. The van der Waals surface area contributed by atoms with Crippen LogP contribution in [-0.4, -0.2) is 29.3 Å². The van der Waals surface area contributed by atoms with Gasteiger partial charge in [0.1, 0.15) is 11.3 Å². The van der Waals surface area contributed by atoms with Gasteiger partial charge < -0.3 is 10.1 Å². The second-order valence-electron chi connectivity index (χ2n) is 6.72. The molecular weight excluding hydrogens is 440 g/mol. The number of aromatic nitrogens is 1. The summed E-state index contributed by atoms with van der Waals surface area (Å²) in [5.74, 6) is -0.576. The molecule has 31 heavy (non-hydrogen) atoms. The molecule has 3 aromatic rings. The van der Waals surface area contributed by atoms with E-state index in [0.29, 0.717) is 21.5 Å². The molecule has 4 rings (SSSR count). The Labute approximate surface area is 186 Å². The normalized spacial score (nSPS) is 13.2. The van der Waals surface area contributed by atoms with Crippen LogP contribution in [0.2, 0.25) is 5.02 Å². The Bertz CT molecular complexity index is 1200. The van der Waals surface area contributed by atoms with Crippen molar-refractivity contribution < 1.29 is 19.1 Å². The van der Waals surface area contributed by atoms with Gasteiger partial charge >= 0.3 is 0 Å². The molecule has 0 saturated carbocycles. The summed E-state index contributed by atoms with van der Waals surface area (Å²) in [5, 5.41) is 3.97. The van der Waals surface area contributed by atoms with E-state index in [4.69, 9.17) is 16.3 Å². The van der Waals surface area contributed by atoms with Gasteiger partial charge in [-0.05, 0) is 48.4 Å². The molecule has 0 atom stereocenters. The maximum Gasteiger partial charge on any atom is 0.275 e. The number of anilines is 1. The van der Waals surface area contributed by atoms with Gasteiger partial charge in [0, 0.05) is 5.02 Å². The van der Waals surface area contributed by atoms with Gasteiger partial charge in [0.2, 0.25) is 5.91 Å². The van der Waals surface area contributed by atoms with Gasteiger partial charge in [-0.25, -0.2) is 4.98 Å². The largest absolute Gasteiger partial charge is 0.493 e. The van der Waals surface area contributed by atoms with Crippen LogP contribution < -0.4 is 20.9 Å². The van der Waals surface area contributed by atoms with E-state index in [-0.39, 0.29) is 24.5 Å². The van der Waals surface area contributed by atoms with Crippen LogP contribution in [0.25, 0.3) is 16.3 Å². The maximum atomic E-state index is 12.2. The van der Waals surface area contributed by atoms with E-state index in [2.05, 4.69) is 21.2 Å². The molecule has 10 heteroatoms. The molecule has 3 N–H and O–H groups in total. The first kappa shape index (κ1) is 20.8. The summed E-state index contributed by atoms with van der Waals surface area (Å²) in [5.41, 5.74) is 6.93. The number of fused-ring (bicyclic) bond motifs is 1. The van der Waals surface area contributed by atoms with Crippen LogP contribution in [0.3, 0.4) is 0 Å². The average molecular weight is 457 g/mol. The Morgan fingerprint density at radius 2 is 1.87 bits per heavy atom. The second-order valence-corrected chi connectivity index (χ2v) is 8.13. The number of rotatable bonds is 6. The van der Waals surface area contributed by atoms with E-state index < -0.39 is 11.8 Å². The number of halogens is 1. The van der Waals surface area contributed by atoms with Crippen molar-refractivity contribution in [3.63, 3.8) is 0 Å². The van der Waals surface area contributed by atoms with Crippen molar-refractivity contribution >= 4 is 62.1 Å². The van der Waals surface area contributed by atoms with Gasteiger partial charge in [-0.1, -0.05) is 35.1 Å². The van der Waals surface area contributed by atoms with Gasteiger partial charge in [-0.3, -0.25) is 25.2 Å². The molecule has 0 bridgehead atoms. The first-order valence-electron chi connectivity index (χ1n) is 9.31. The highest BCUT2D eigenvalue weighted by Crippen LogP contribution is 2.32. The number of thiazole rings is 1. The zero-order chi connectivity index (χ0) is 22.0. The molecular formula is C21H17ClN4O4S. The smallest absolute Gasteiger partial charge is 0.275 e. The zero-order valence-corrected chi connectivity index (χ0v) is 17.9. The summed E-state index contributed by atoms with van der Waals surface area (Å²) in [7, 11) is 0. The van der Waals surface area contributed by atoms with Gasteiger partial charge in [0.05, 0.1) is 23.2 Å². The second kappa shape index (κ2) is 8.75. The Kier molecular flexibility index (Phi) is 5.88. The minimum atomic E-state index is -0.470. The summed E-state index contributed by atoms with van der Waals surface area (Å²) >= 11 is 7.51. The molecule has 0 aliphatic carbocycles. The maximum absolute atomic E-state index is 12.2. The predicted octanol–water partition coefficient (Wildman–Crippen LogP) is 3.21. The topological polar surface area (TPSA) is 109 Å². The summed E-state index contributed by atoms with van der Waals surface area (Å²) in [4.78, 5) is 39.7. The molecule has 158 valence electrons. The number of hydrogen-bond acceptors (Lipinski definition) is 6. The number of amides is 3. The highest BCUT2D eigenvalue weighted by Gasteiger charge is 2.25. The Morgan fingerprint density at radius 1 is 1.16 bits per heavy atom. The molecule has 0 spiro atoms. The molecule has 2 aromatic carbocycles. The molecule has 1 fully saturated rings. The number of aryl methyl sites for hydroxylation is 1. The lowest BCUT2D eigenvalue weighted by Gasteiger charge is -2.06. The van der Waals surface area contributed by atoms with E-state index in [1.165, 1.54) is 17.4 Å². The molecule has 1 aromatic heterocycles. The van der Waals surface area contributed by atoms with Gasteiger partial charge in [-0.2, -0.15) is 0 Å². The van der Waals surface area contributed by atoms with Crippen molar-refractivity contribution in [2.24, 2.45) is 0 Å². The number of carbonyl (C=O) groups excluding carboxylic acids is 3. The van der Waals surface area contributed by atoms with Gasteiger partial charge in [-0.15, -0.1) is 0 Å². The van der Waals surface area contributed by atoms with Crippen molar-refractivity contribution in [1.82, 2.24) is 15.8 Å². The van der Waals surface area contributed by atoms with Crippen LogP contribution in [0.5, 0.6) is 5.75 Å². The first-order valence-corrected chi connectivity index (χ1v) is 10.5. The molecule has 0 unspecified atom stereocenters. The van der Waals surface area contributed by atoms with E-state index in [0.717, 1.165) is 15.8 Å². The molecule has 0 radical (unpaired) electrons. The fourth-order valence-corrected chi connectivity index (χ4v) is 4.10. The van der Waals surface area contributed by atoms with Crippen molar-refractivity contribution in [3.8, 4) is 5.75 Å². The average Bonchev–Trinajstić information content (AvgIpc) is 3.30. The number of hydrogen-bond donors (Lipinski definition) is 3. The van der Waals surface area contributed by atoms with Crippen molar-refractivity contribution in [2.45, 2.75) is 13.3 Å². The number of carbonyl (C=O) groups is 3. The van der Waals surface area contributed by atoms with E-state index in [1.807, 2.05) is 13.0 Å². The third-order valence-electron chi connectivity index (χ3n) is 4.55. The third-order valence-corrected chi connectivity index (χ3v) is 6.07. The Morgan fingerprint density at radius 3 is 2.58 bits per heavy atom. The molecule has 3 amide bonds. The van der Waals surface area contributed by atoms with Gasteiger partial charge in [0.15, 0.2) is 5.13 Å². The van der Waals surface area contributed by atoms with E-state index in [1.54, 1.807) is 30.3 Å². The van der Waals surface area contributed by atoms with Crippen LogP contribution in [-0.2, 0) is 14.4 Å². The van der Waals surface area contributed by atoms with Gasteiger partial charge in [0.25, 0.3) is 11.8 Å². The summed E-state index contributed by atoms with van der Waals surface area (Å²) in [6, 6.07) is 10.5. The van der Waals surface area contributed by atoms with E-state index >= 15 is 0 Å². The Balaban J connectivity index is 1.30. The van der Waals surface area contributed by atoms with Crippen molar-refractivity contribution in [3.05, 3.63) is 58.1 Å². The number of ether oxygens (including phenoxy) is 1. The lowest BCUT2D eigenvalue weighted by molar-refractivity contribution is -0.118. The molecule has 1 aliphatic rings. The van der Waals surface area contributed by atoms with Crippen LogP contribution in [0.1, 0.15) is 17.5 Å². The molecule has 1 aliphatic heterocycles. The zero-order valence-electron chi connectivity index (χ0n) is 16.3. The highest BCUT2D eigenvalue weighted by atomic mass is 35.5. The third kappa shape index (κ3) is 4.68. The van der Waals surface area contributed by atoms with Crippen LogP contribution in [0, 0.1) is 6.92 Å². The molecule has 8 nitrogen and oxygen atoms in total. The fourth-order valence-electron chi connectivity index (χ4n) is 2.91. The lowest BCUT2D eigenvalue weighted by atomic mass is 10.1. The van der Waals surface area contributed by atoms with Crippen molar-refractivity contribution in [2.75, 3.05) is 11.9 Å². The SMILES string of the molecule is Cc1c(Cl)ccc2nc(NC(=O)CCOc3ccc(C=C4C(=O)NNC4=O)cc3)sc12. The lowest BCUT2D eigenvalue weighted by Crippen LogP contribution is -2.28. The monoisotopic (exact) mass is 456 g/mol. The standard InChI is InChI=1S/C21H17ClN4O4S/c1-11-15(22)6-7-16-18(11)31-21(23-16)24-17(27)8-9-30-13-4-2-12(3-5-13)10-14-19(28)25-26-20(14)29/h2-7,10H,8-9H2,1H3,(H,25,28)(H,26,29)(H,23,24,27). The summed E-state index contributed by atoms with van der Waals surface area (Å²) in [6.45, 7) is 2.11. The molecule has 1 saturated heterocycles. The van der Waals surface area contributed by atoms with Crippen molar-refractivity contribution in [1.29, 1.82) is 0 Å². The number of nitrogens with zero attached hydrogens (tertiary/aromatic N) is 1. The van der Waals surface area contributed by atoms with E-state index in [9.17, 15) is 14.4 Å². The van der Waals surface area contributed by atoms with Crippen LogP contribution in [0.4, 0.5) is 5.13 Å². The predicted molar refractivity (Wildman–Crippen MR) is 119 cm³/mol. The molecule has 2 heterocycles. The number of nitrogens with one attached hydrogen (secondary N) is 3. The minimum absolute atomic E-state index is 0.0395. The quantitative estimate of drug-likeness (QED) is 0.390. The fraction of sp³-hybridized carbons (Fsp3) is 0.143. The first-order chi connectivity index (χ1) is 14.9.